The number of rotatable bonds is 10. The van der Waals surface area contributed by atoms with Crippen LogP contribution in [0.25, 0.3) is 44.4 Å². The lowest BCUT2D eigenvalue weighted by Gasteiger charge is -2.37. The van der Waals surface area contributed by atoms with E-state index in [1.807, 2.05) is 19.9 Å². The highest BCUT2D eigenvalue weighted by atomic mass is 16.7. The number of hydrogen-bond acceptors (Lipinski definition) is 10. The van der Waals surface area contributed by atoms with Crippen LogP contribution in [0.5, 0.6) is 0 Å². The summed E-state index contributed by atoms with van der Waals surface area (Å²) in [6.07, 6.45) is 0.413. The Kier molecular flexibility index (Phi) is 12.3. The molecule has 12 heteroatoms. The number of nitrogens with zero attached hydrogens (tertiary/aromatic N) is 2. The monoisotopic (exact) mass is 822 g/mol. The zero-order valence-corrected chi connectivity index (χ0v) is 37.4. The lowest BCUT2D eigenvalue weighted by atomic mass is 9.92. The molecule has 12 nitrogen and oxygen atoms in total. The van der Waals surface area contributed by atoms with Crippen LogP contribution in [0, 0.1) is 24.7 Å². The average Bonchev–Trinajstić information content (AvgIpc) is 3.88. The zero-order valence-electron chi connectivity index (χ0n) is 37.4. The van der Waals surface area contributed by atoms with Gasteiger partial charge in [-0.3, -0.25) is 9.59 Å². The Hall–Kier alpha value is -4.62. The molecule has 0 aliphatic carbocycles. The minimum Gasteiger partial charge on any atom is -0.469 e. The number of nitrogens with one attached hydrogen (secondary N) is 2. The van der Waals surface area contributed by atoms with Crippen molar-refractivity contribution in [3.8, 4) is 0 Å². The molecule has 0 amide bonds. The Bertz CT molecular complexity index is 2400. The second-order valence-corrected chi connectivity index (χ2v) is 18.6. The standard InChI is InChI=1S/C48H62N4O8/c1-25-31(13-15-41(53)55-11)37-20-38-32(14-16-42(54)56-12)26(2)34(50-38)18-39-44(30(6)46-59-23-48(9,10)24-60-46)28(4)36(52-39)19-40-43(27(3)35(51-40)17-33(25)49-37)29(5)45-57-21-47(7,8)22-58-45/h17-20,29-30,45-46,51-52H,13-16,21-24H2,1-12H3. The van der Waals surface area contributed by atoms with E-state index in [2.05, 4.69) is 83.6 Å². The Balaban J connectivity index is 1.52. The van der Waals surface area contributed by atoms with Gasteiger partial charge in [0, 0.05) is 57.6 Å². The van der Waals surface area contributed by atoms with Crippen LogP contribution in [0.1, 0.15) is 138 Å². The van der Waals surface area contributed by atoms with Crippen LogP contribution in [-0.4, -0.2) is 85.1 Å². The number of fused-ring (bicyclic) bond motifs is 8. The summed E-state index contributed by atoms with van der Waals surface area (Å²) >= 11 is 0. The van der Waals surface area contributed by atoms with Gasteiger partial charge in [-0.2, -0.15) is 0 Å². The predicted molar refractivity (Wildman–Crippen MR) is 234 cm³/mol. The van der Waals surface area contributed by atoms with Crippen molar-refractivity contribution in [2.75, 3.05) is 40.6 Å². The third-order valence-corrected chi connectivity index (χ3v) is 12.5. The summed E-state index contributed by atoms with van der Waals surface area (Å²) in [4.78, 5) is 43.0. The molecule has 0 aromatic carbocycles. The molecule has 322 valence electrons. The highest BCUT2D eigenvalue weighted by Gasteiger charge is 2.36. The first-order valence-corrected chi connectivity index (χ1v) is 21.2. The molecule has 7 heterocycles. The molecular formula is C48H62N4O8. The number of carbonyl (C=O) groups is 2. The fraction of sp³-hybridized carbons (Fsp3) is 0.542. The molecular weight excluding hydrogens is 761 g/mol. The topological polar surface area (TPSA) is 147 Å². The SMILES string of the molecule is COC(=O)CCC1=C(C)c2cc3[nH]c(cc4[nH]c(cc5nc(cc1n2)C(CCC(=O)OC)=C5C)c(C(C)C1OCC(C)(C)CO1)c4C)c(C(C)C1OCC(C)(C)CO1)c3C. The van der Waals surface area contributed by atoms with Crippen LogP contribution in [-0.2, 0) is 38.0 Å². The third-order valence-electron chi connectivity index (χ3n) is 12.5. The van der Waals surface area contributed by atoms with Crippen molar-refractivity contribution in [2.45, 2.75) is 119 Å². The number of hydrogen-bond donors (Lipinski definition) is 2. The number of aromatic nitrogens is 4. The Labute approximate surface area is 353 Å². The summed E-state index contributed by atoms with van der Waals surface area (Å²) in [5, 5.41) is 0. The summed E-state index contributed by atoms with van der Waals surface area (Å²) in [6, 6.07) is 8.38. The van der Waals surface area contributed by atoms with E-state index >= 15 is 0 Å². The molecule has 0 radical (unpaired) electrons. The van der Waals surface area contributed by atoms with Gasteiger partial charge in [-0.15, -0.1) is 0 Å². The van der Waals surface area contributed by atoms with Gasteiger partial charge in [-0.25, -0.2) is 9.97 Å². The van der Waals surface area contributed by atoms with Crippen molar-refractivity contribution < 1.29 is 38.0 Å². The number of aromatic amines is 2. The number of carbonyl (C=O) groups excluding carboxylic acids is 2. The largest absolute Gasteiger partial charge is 0.469 e. The van der Waals surface area contributed by atoms with Crippen LogP contribution in [0.2, 0.25) is 0 Å². The van der Waals surface area contributed by atoms with E-state index in [4.69, 9.17) is 38.4 Å². The number of aryl methyl sites for hydroxylation is 2. The van der Waals surface area contributed by atoms with Gasteiger partial charge < -0.3 is 38.4 Å². The molecule has 0 spiro atoms. The molecule has 0 saturated carbocycles. The van der Waals surface area contributed by atoms with Gasteiger partial charge in [0.1, 0.15) is 0 Å². The van der Waals surface area contributed by atoms with E-state index in [-0.39, 0.29) is 47.4 Å². The van der Waals surface area contributed by atoms with Gasteiger partial charge in [-0.1, -0.05) is 41.5 Å². The quantitative estimate of drug-likeness (QED) is 0.190. The van der Waals surface area contributed by atoms with Crippen molar-refractivity contribution in [2.24, 2.45) is 10.8 Å². The second-order valence-electron chi connectivity index (χ2n) is 18.6. The van der Waals surface area contributed by atoms with Crippen LogP contribution >= 0.6 is 0 Å². The van der Waals surface area contributed by atoms with Gasteiger partial charge in [0.05, 0.1) is 63.4 Å². The van der Waals surface area contributed by atoms with Gasteiger partial charge in [0.15, 0.2) is 12.6 Å². The van der Waals surface area contributed by atoms with E-state index in [1.54, 1.807) is 0 Å². The highest BCUT2D eigenvalue weighted by molar-refractivity contribution is 5.96. The normalized spacial score (nSPS) is 19.4. The number of methoxy groups -OCH3 is 2. The molecule has 8 bridgehead atoms. The van der Waals surface area contributed by atoms with Crippen molar-refractivity contribution in [3.63, 3.8) is 0 Å². The molecule has 4 aliphatic rings. The van der Waals surface area contributed by atoms with Crippen LogP contribution in [0.15, 0.2) is 24.3 Å². The van der Waals surface area contributed by atoms with Gasteiger partial charge in [0.2, 0.25) is 0 Å². The van der Waals surface area contributed by atoms with Gasteiger partial charge >= 0.3 is 11.9 Å². The molecule has 4 aliphatic heterocycles. The molecule has 3 aromatic heterocycles. The van der Waals surface area contributed by atoms with E-state index in [0.717, 1.165) is 83.7 Å². The summed E-state index contributed by atoms with van der Waals surface area (Å²) in [6.45, 7) is 23.7. The summed E-state index contributed by atoms with van der Waals surface area (Å²) in [7, 11) is 2.81. The maximum absolute atomic E-state index is 12.5. The smallest absolute Gasteiger partial charge is 0.305 e. The van der Waals surface area contributed by atoms with Crippen molar-refractivity contribution >= 4 is 56.3 Å². The minimum atomic E-state index is -0.437. The fourth-order valence-corrected chi connectivity index (χ4v) is 8.87. The zero-order chi connectivity index (χ0) is 43.3. The first kappa shape index (κ1) is 43.5. The second kappa shape index (κ2) is 17.0. The average molecular weight is 823 g/mol. The molecule has 2 unspecified atom stereocenters. The molecule has 2 N–H and O–H groups in total. The van der Waals surface area contributed by atoms with Crippen LogP contribution < -0.4 is 0 Å². The van der Waals surface area contributed by atoms with Crippen LogP contribution in [0.3, 0.4) is 0 Å². The highest BCUT2D eigenvalue weighted by Crippen LogP contribution is 2.42. The number of esters is 2. The molecule has 60 heavy (non-hydrogen) atoms. The third kappa shape index (κ3) is 8.75. The summed E-state index contributed by atoms with van der Waals surface area (Å²) in [5.41, 5.74) is 14.7. The Morgan fingerprint density at radius 3 is 1.38 bits per heavy atom. The molecule has 2 atom stereocenters. The van der Waals surface area contributed by atoms with Crippen molar-refractivity contribution in [1.29, 1.82) is 0 Å². The minimum absolute atomic E-state index is 0.0666. The summed E-state index contributed by atoms with van der Waals surface area (Å²) < 4.78 is 35.7. The fourth-order valence-electron chi connectivity index (χ4n) is 8.87. The summed E-state index contributed by atoms with van der Waals surface area (Å²) in [5.74, 6) is -0.822. The van der Waals surface area contributed by atoms with E-state index in [0.29, 0.717) is 45.0 Å². The Morgan fingerprint density at radius 1 is 0.617 bits per heavy atom. The maximum atomic E-state index is 12.5. The number of ether oxygens (including phenoxy) is 6. The van der Waals surface area contributed by atoms with Crippen molar-refractivity contribution in [1.82, 2.24) is 19.9 Å². The molecule has 7 rings (SSSR count). The molecule has 2 fully saturated rings. The molecule has 3 aromatic rings. The lowest BCUT2D eigenvalue weighted by Crippen LogP contribution is -2.40. The maximum Gasteiger partial charge on any atom is 0.305 e. The van der Waals surface area contributed by atoms with E-state index < -0.39 is 12.6 Å². The van der Waals surface area contributed by atoms with E-state index in [9.17, 15) is 9.59 Å². The van der Waals surface area contributed by atoms with Gasteiger partial charge in [-0.05, 0) is 109 Å². The van der Waals surface area contributed by atoms with Crippen LogP contribution in [0.4, 0.5) is 0 Å². The Morgan fingerprint density at radius 2 is 0.983 bits per heavy atom. The number of H-pyrrole nitrogens is 2. The molecule has 2 saturated heterocycles. The van der Waals surface area contributed by atoms with E-state index in [1.165, 1.54) is 14.2 Å². The predicted octanol–water partition coefficient (Wildman–Crippen LogP) is 9.70. The first-order valence-electron chi connectivity index (χ1n) is 21.2. The van der Waals surface area contributed by atoms with Gasteiger partial charge in [0.25, 0.3) is 0 Å². The van der Waals surface area contributed by atoms with Crippen molar-refractivity contribution in [3.05, 3.63) is 69.3 Å². The first-order chi connectivity index (χ1) is 28.4. The lowest BCUT2D eigenvalue weighted by molar-refractivity contribution is -0.229. The number of allylic oxidation sites excluding steroid dienone is 4.